The molecule has 0 unspecified atom stereocenters. The van der Waals surface area contributed by atoms with Gasteiger partial charge in [0.15, 0.2) is 5.82 Å². The molecule has 1 aliphatic heterocycles. The van der Waals surface area contributed by atoms with Crippen molar-refractivity contribution in [2.75, 3.05) is 13.1 Å². The molecule has 2 aromatic rings. The summed E-state index contributed by atoms with van der Waals surface area (Å²) in [7, 11) is 0. The highest BCUT2D eigenvalue weighted by Gasteiger charge is 2.23. The van der Waals surface area contributed by atoms with Gasteiger partial charge in [-0.2, -0.15) is 4.98 Å². The number of rotatable bonds is 6. The average Bonchev–Trinajstić information content (AvgIpc) is 3.21. The number of aromatic nitrogens is 2. The van der Waals surface area contributed by atoms with Gasteiger partial charge in [0.25, 0.3) is 5.91 Å². The van der Waals surface area contributed by atoms with Crippen LogP contribution in [0.3, 0.4) is 0 Å². The van der Waals surface area contributed by atoms with E-state index in [2.05, 4.69) is 34.2 Å². The minimum Gasteiger partial charge on any atom is -0.349 e. The predicted molar refractivity (Wildman–Crippen MR) is 92.9 cm³/mol. The summed E-state index contributed by atoms with van der Waals surface area (Å²) in [4.78, 5) is 19.6. The van der Waals surface area contributed by atoms with E-state index in [0.717, 1.165) is 43.1 Å². The van der Waals surface area contributed by atoms with E-state index in [1.54, 1.807) is 0 Å². The number of amides is 1. The molecule has 0 spiro atoms. The van der Waals surface area contributed by atoms with E-state index in [4.69, 9.17) is 4.52 Å². The van der Waals surface area contributed by atoms with Gasteiger partial charge in [-0.05, 0) is 30.2 Å². The zero-order chi connectivity index (χ0) is 16.9. The first-order valence-electron chi connectivity index (χ1n) is 8.48. The number of piperidine rings is 1. The zero-order valence-corrected chi connectivity index (χ0v) is 15.0. The molecular weight excluding hydrogens is 324 g/mol. The van der Waals surface area contributed by atoms with Crippen molar-refractivity contribution in [1.82, 2.24) is 20.4 Å². The largest absolute Gasteiger partial charge is 0.349 e. The maximum Gasteiger partial charge on any atom is 0.261 e. The molecule has 24 heavy (non-hydrogen) atoms. The average molecular weight is 348 g/mol. The van der Waals surface area contributed by atoms with E-state index >= 15 is 0 Å². The molecule has 1 amide bonds. The minimum absolute atomic E-state index is 0.0404. The third-order valence-electron chi connectivity index (χ3n) is 4.13. The third kappa shape index (κ3) is 4.64. The molecule has 0 aliphatic carbocycles. The number of nitrogens with zero attached hydrogens (tertiary/aromatic N) is 3. The van der Waals surface area contributed by atoms with Gasteiger partial charge in [-0.1, -0.05) is 25.1 Å². The smallest absolute Gasteiger partial charge is 0.261 e. The molecule has 7 heteroatoms. The number of nitrogens with one attached hydrogen (secondary N) is 1. The van der Waals surface area contributed by atoms with Gasteiger partial charge in [0.05, 0.1) is 11.4 Å². The quantitative estimate of drug-likeness (QED) is 0.869. The number of hydrogen-bond donors (Lipinski definition) is 1. The second-order valence-electron chi connectivity index (χ2n) is 6.70. The molecule has 6 nitrogen and oxygen atoms in total. The van der Waals surface area contributed by atoms with E-state index in [9.17, 15) is 4.79 Å². The van der Waals surface area contributed by atoms with E-state index in [1.165, 1.54) is 11.3 Å². The molecule has 130 valence electrons. The van der Waals surface area contributed by atoms with Crippen molar-refractivity contribution in [2.45, 2.75) is 45.7 Å². The van der Waals surface area contributed by atoms with Crippen molar-refractivity contribution in [2.24, 2.45) is 5.92 Å². The molecular formula is C17H24N4O2S. The van der Waals surface area contributed by atoms with Crippen LogP contribution in [0.1, 0.15) is 48.1 Å². The van der Waals surface area contributed by atoms with Crippen LogP contribution in [0.4, 0.5) is 0 Å². The molecule has 0 saturated carbocycles. The summed E-state index contributed by atoms with van der Waals surface area (Å²) in [6.45, 7) is 6.84. The predicted octanol–water partition coefficient (Wildman–Crippen LogP) is 2.72. The summed E-state index contributed by atoms with van der Waals surface area (Å²) in [5, 5.41) is 9.09. The Kier molecular flexibility index (Phi) is 5.63. The number of hydrogen-bond acceptors (Lipinski definition) is 6. The summed E-state index contributed by atoms with van der Waals surface area (Å²) < 4.78 is 5.34. The molecule has 1 N–H and O–H groups in total. The first-order chi connectivity index (χ1) is 11.6. The lowest BCUT2D eigenvalue weighted by molar-refractivity contribution is 0.0908. The molecule has 1 saturated heterocycles. The number of thiophene rings is 1. The fourth-order valence-electron chi connectivity index (χ4n) is 2.89. The SMILES string of the molecule is CC(C)Cc1noc(CN2CCC(NC(=O)c3cccs3)CC2)n1. The monoisotopic (exact) mass is 348 g/mol. The second-order valence-corrected chi connectivity index (χ2v) is 7.65. The highest BCUT2D eigenvalue weighted by molar-refractivity contribution is 7.12. The first kappa shape index (κ1) is 17.1. The lowest BCUT2D eigenvalue weighted by Crippen LogP contribution is -2.44. The molecule has 0 atom stereocenters. The molecule has 2 aromatic heterocycles. The number of carbonyl (C=O) groups is 1. The standard InChI is InChI=1S/C17H24N4O2S/c1-12(2)10-15-19-16(23-20-15)11-21-7-5-13(6-8-21)18-17(22)14-4-3-9-24-14/h3-4,9,12-13H,5-8,10-11H2,1-2H3,(H,18,22). The Balaban J connectivity index is 1.43. The summed E-state index contributed by atoms with van der Waals surface area (Å²) in [5.74, 6) is 2.04. The zero-order valence-electron chi connectivity index (χ0n) is 14.2. The Morgan fingerprint density at radius 3 is 2.92 bits per heavy atom. The van der Waals surface area contributed by atoms with Gasteiger partial charge in [0.2, 0.25) is 5.89 Å². The van der Waals surface area contributed by atoms with Gasteiger partial charge in [0.1, 0.15) is 0 Å². The normalized spacial score (nSPS) is 16.6. The minimum atomic E-state index is 0.0404. The Morgan fingerprint density at radius 1 is 1.46 bits per heavy atom. The number of carbonyl (C=O) groups excluding carboxylic acids is 1. The van der Waals surface area contributed by atoms with Crippen LogP contribution >= 0.6 is 11.3 Å². The summed E-state index contributed by atoms with van der Waals surface area (Å²) >= 11 is 1.48. The van der Waals surface area contributed by atoms with E-state index in [1.807, 2.05) is 17.5 Å². The van der Waals surface area contributed by atoms with Crippen molar-refractivity contribution in [3.05, 3.63) is 34.1 Å². The van der Waals surface area contributed by atoms with E-state index < -0.39 is 0 Å². The van der Waals surface area contributed by atoms with Gasteiger partial charge in [-0.3, -0.25) is 9.69 Å². The molecule has 0 aromatic carbocycles. The summed E-state index contributed by atoms with van der Waals surface area (Å²) in [5.41, 5.74) is 0. The summed E-state index contributed by atoms with van der Waals surface area (Å²) in [6.07, 6.45) is 2.74. The summed E-state index contributed by atoms with van der Waals surface area (Å²) in [6, 6.07) is 4.01. The lowest BCUT2D eigenvalue weighted by Gasteiger charge is -2.31. The van der Waals surface area contributed by atoms with Crippen LogP contribution in [0.15, 0.2) is 22.0 Å². The van der Waals surface area contributed by atoms with Crippen molar-refractivity contribution in [1.29, 1.82) is 0 Å². The second kappa shape index (κ2) is 7.90. The first-order valence-corrected chi connectivity index (χ1v) is 9.36. The lowest BCUT2D eigenvalue weighted by atomic mass is 10.0. The molecule has 0 bridgehead atoms. The number of likely N-dealkylation sites (tertiary alicyclic amines) is 1. The van der Waals surface area contributed by atoms with Crippen LogP contribution in [0.5, 0.6) is 0 Å². The fraction of sp³-hybridized carbons (Fsp3) is 0.588. The van der Waals surface area contributed by atoms with Crippen LogP contribution in [0.25, 0.3) is 0 Å². The highest BCUT2D eigenvalue weighted by atomic mass is 32.1. The van der Waals surface area contributed by atoms with Crippen molar-refractivity contribution in [3.63, 3.8) is 0 Å². The fourth-order valence-corrected chi connectivity index (χ4v) is 3.52. The molecule has 3 rings (SSSR count). The maximum atomic E-state index is 12.1. The van der Waals surface area contributed by atoms with Gasteiger partial charge in [0, 0.05) is 25.6 Å². The Hall–Kier alpha value is -1.73. The van der Waals surface area contributed by atoms with Gasteiger partial charge < -0.3 is 9.84 Å². The van der Waals surface area contributed by atoms with E-state index in [0.29, 0.717) is 18.4 Å². The van der Waals surface area contributed by atoms with Gasteiger partial charge >= 0.3 is 0 Å². The van der Waals surface area contributed by atoms with Crippen LogP contribution in [-0.4, -0.2) is 40.1 Å². The van der Waals surface area contributed by atoms with Crippen molar-refractivity contribution in [3.8, 4) is 0 Å². The van der Waals surface area contributed by atoms with Crippen molar-refractivity contribution < 1.29 is 9.32 Å². The van der Waals surface area contributed by atoms with Gasteiger partial charge in [-0.15, -0.1) is 11.3 Å². The molecule has 1 aliphatic rings. The molecule has 0 radical (unpaired) electrons. The van der Waals surface area contributed by atoms with Crippen LogP contribution in [-0.2, 0) is 13.0 Å². The Morgan fingerprint density at radius 2 is 2.25 bits per heavy atom. The Bertz CT molecular complexity index is 645. The Labute approximate surface area is 146 Å². The topological polar surface area (TPSA) is 71.3 Å². The molecule has 3 heterocycles. The van der Waals surface area contributed by atoms with E-state index in [-0.39, 0.29) is 11.9 Å². The van der Waals surface area contributed by atoms with Crippen LogP contribution in [0.2, 0.25) is 0 Å². The van der Waals surface area contributed by atoms with Crippen LogP contribution in [0, 0.1) is 5.92 Å². The van der Waals surface area contributed by atoms with Gasteiger partial charge in [-0.25, -0.2) is 0 Å². The van der Waals surface area contributed by atoms with Crippen molar-refractivity contribution >= 4 is 17.2 Å². The third-order valence-corrected chi connectivity index (χ3v) is 5.00. The molecule has 1 fully saturated rings. The maximum absolute atomic E-state index is 12.1. The highest BCUT2D eigenvalue weighted by Crippen LogP contribution is 2.15. The van der Waals surface area contributed by atoms with Crippen LogP contribution < -0.4 is 5.32 Å².